The first-order chi connectivity index (χ1) is 9.98. The maximum atomic E-state index is 11.1. The van der Waals surface area contributed by atoms with E-state index in [2.05, 4.69) is 18.7 Å². The summed E-state index contributed by atoms with van der Waals surface area (Å²) in [5, 5.41) is 11.1. The van der Waals surface area contributed by atoms with E-state index in [0.717, 1.165) is 49.5 Å². The average Bonchev–Trinajstić information content (AvgIpc) is 2.48. The van der Waals surface area contributed by atoms with Gasteiger partial charge in [-0.3, -0.25) is 0 Å². The standard InChI is InChI=1S/C17H27NO3/c1-13(2)12-18-9-7-17(19,8-10-18)15-11-14(20-3)5-6-16(15)21-4/h5-6,11,13,19H,7-10,12H2,1-4H3. The van der Waals surface area contributed by atoms with Crippen LogP contribution >= 0.6 is 0 Å². The number of nitrogens with zero attached hydrogens (tertiary/aromatic N) is 1. The van der Waals surface area contributed by atoms with Crippen LogP contribution in [0.5, 0.6) is 11.5 Å². The Bertz CT molecular complexity index is 465. The van der Waals surface area contributed by atoms with Gasteiger partial charge in [0.05, 0.1) is 19.8 Å². The fourth-order valence-corrected chi connectivity index (χ4v) is 3.07. The molecular formula is C17H27NO3. The van der Waals surface area contributed by atoms with Crippen molar-refractivity contribution in [3.8, 4) is 11.5 Å². The van der Waals surface area contributed by atoms with Crippen LogP contribution in [0.1, 0.15) is 32.3 Å². The Kier molecular flexibility index (Phi) is 5.12. The molecule has 21 heavy (non-hydrogen) atoms. The summed E-state index contributed by atoms with van der Waals surface area (Å²) in [6.45, 7) is 7.37. The van der Waals surface area contributed by atoms with Crippen molar-refractivity contribution < 1.29 is 14.6 Å². The Balaban J connectivity index is 2.17. The highest BCUT2D eigenvalue weighted by Crippen LogP contribution is 2.39. The maximum Gasteiger partial charge on any atom is 0.125 e. The number of hydrogen-bond acceptors (Lipinski definition) is 4. The first kappa shape index (κ1) is 16.1. The predicted octanol–water partition coefficient (Wildman–Crippen LogP) is 2.64. The number of benzene rings is 1. The molecule has 1 aromatic carbocycles. The summed E-state index contributed by atoms with van der Waals surface area (Å²) in [7, 11) is 3.28. The molecule has 1 saturated heterocycles. The third-order valence-electron chi connectivity index (χ3n) is 4.21. The molecule has 0 amide bonds. The molecule has 4 nitrogen and oxygen atoms in total. The third kappa shape index (κ3) is 3.69. The topological polar surface area (TPSA) is 41.9 Å². The van der Waals surface area contributed by atoms with Crippen molar-refractivity contribution >= 4 is 0 Å². The van der Waals surface area contributed by atoms with Crippen molar-refractivity contribution in [1.29, 1.82) is 0 Å². The first-order valence-corrected chi connectivity index (χ1v) is 7.66. The van der Waals surface area contributed by atoms with Crippen LogP contribution in [0.4, 0.5) is 0 Å². The number of aliphatic hydroxyl groups is 1. The molecule has 1 aliphatic rings. The van der Waals surface area contributed by atoms with E-state index in [-0.39, 0.29) is 0 Å². The highest BCUT2D eigenvalue weighted by atomic mass is 16.5. The highest BCUT2D eigenvalue weighted by molar-refractivity contribution is 5.44. The molecular weight excluding hydrogens is 266 g/mol. The summed E-state index contributed by atoms with van der Waals surface area (Å²) in [5.41, 5.74) is 0.0152. The van der Waals surface area contributed by atoms with Crippen molar-refractivity contribution in [3.63, 3.8) is 0 Å². The van der Waals surface area contributed by atoms with Crippen LogP contribution in [0.3, 0.4) is 0 Å². The Morgan fingerprint density at radius 3 is 2.38 bits per heavy atom. The van der Waals surface area contributed by atoms with Crippen LogP contribution in [0.15, 0.2) is 18.2 Å². The van der Waals surface area contributed by atoms with Gasteiger partial charge in [-0.2, -0.15) is 0 Å². The van der Waals surface area contributed by atoms with E-state index in [4.69, 9.17) is 9.47 Å². The van der Waals surface area contributed by atoms with Gasteiger partial charge in [0.15, 0.2) is 0 Å². The monoisotopic (exact) mass is 293 g/mol. The number of rotatable bonds is 5. The van der Waals surface area contributed by atoms with Crippen LogP contribution in [0.25, 0.3) is 0 Å². The lowest BCUT2D eigenvalue weighted by Gasteiger charge is -2.39. The van der Waals surface area contributed by atoms with Crippen LogP contribution < -0.4 is 9.47 Å². The Hall–Kier alpha value is -1.26. The smallest absolute Gasteiger partial charge is 0.125 e. The zero-order valence-electron chi connectivity index (χ0n) is 13.6. The largest absolute Gasteiger partial charge is 0.497 e. The van der Waals surface area contributed by atoms with Crippen molar-refractivity contribution in [2.75, 3.05) is 33.9 Å². The molecule has 0 spiro atoms. The lowest BCUT2D eigenvalue weighted by molar-refractivity contribution is -0.0295. The normalized spacial score (nSPS) is 18.8. The van der Waals surface area contributed by atoms with Gasteiger partial charge in [0.25, 0.3) is 0 Å². The van der Waals surface area contributed by atoms with E-state index < -0.39 is 5.60 Å². The van der Waals surface area contributed by atoms with Gasteiger partial charge in [0.2, 0.25) is 0 Å². The molecule has 0 aliphatic carbocycles. The summed E-state index contributed by atoms with van der Waals surface area (Å²) in [6.07, 6.45) is 1.45. The minimum Gasteiger partial charge on any atom is -0.497 e. The van der Waals surface area contributed by atoms with E-state index >= 15 is 0 Å². The molecule has 0 radical (unpaired) electrons. The van der Waals surface area contributed by atoms with Gasteiger partial charge in [-0.05, 0) is 37.0 Å². The number of piperidine rings is 1. The van der Waals surface area contributed by atoms with E-state index in [0.29, 0.717) is 5.92 Å². The van der Waals surface area contributed by atoms with Crippen molar-refractivity contribution in [1.82, 2.24) is 4.90 Å². The minimum atomic E-state index is -0.826. The fourth-order valence-electron chi connectivity index (χ4n) is 3.07. The molecule has 1 aromatic rings. The molecule has 0 atom stereocenters. The summed E-state index contributed by atoms with van der Waals surface area (Å²) in [5.74, 6) is 2.14. The van der Waals surface area contributed by atoms with E-state index in [9.17, 15) is 5.11 Å². The quantitative estimate of drug-likeness (QED) is 0.906. The number of hydrogen-bond donors (Lipinski definition) is 1. The third-order valence-corrected chi connectivity index (χ3v) is 4.21. The number of methoxy groups -OCH3 is 2. The lowest BCUT2D eigenvalue weighted by Crippen LogP contribution is -2.43. The molecule has 1 fully saturated rings. The van der Waals surface area contributed by atoms with Gasteiger partial charge in [0, 0.05) is 25.2 Å². The van der Waals surface area contributed by atoms with Crippen LogP contribution in [-0.4, -0.2) is 43.9 Å². The molecule has 0 aromatic heterocycles. The zero-order chi connectivity index (χ0) is 15.5. The Morgan fingerprint density at radius 2 is 1.86 bits per heavy atom. The van der Waals surface area contributed by atoms with Crippen LogP contribution in [-0.2, 0) is 5.60 Å². The van der Waals surface area contributed by atoms with E-state index in [1.807, 2.05) is 18.2 Å². The number of likely N-dealkylation sites (tertiary alicyclic amines) is 1. The molecule has 0 saturated carbocycles. The second kappa shape index (κ2) is 6.67. The molecule has 1 heterocycles. The fraction of sp³-hybridized carbons (Fsp3) is 0.647. The van der Waals surface area contributed by atoms with E-state index in [1.165, 1.54) is 0 Å². The molecule has 0 bridgehead atoms. The molecule has 0 unspecified atom stereocenters. The average molecular weight is 293 g/mol. The molecule has 118 valence electrons. The van der Waals surface area contributed by atoms with E-state index in [1.54, 1.807) is 14.2 Å². The molecule has 1 N–H and O–H groups in total. The maximum absolute atomic E-state index is 11.1. The molecule has 2 rings (SSSR count). The minimum absolute atomic E-state index is 0.655. The van der Waals surface area contributed by atoms with Gasteiger partial charge in [0.1, 0.15) is 11.5 Å². The summed E-state index contributed by atoms with van der Waals surface area (Å²) < 4.78 is 10.7. The van der Waals surface area contributed by atoms with Crippen molar-refractivity contribution in [2.24, 2.45) is 5.92 Å². The zero-order valence-corrected chi connectivity index (χ0v) is 13.6. The first-order valence-electron chi connectivity index (χ1n) is 7.66. The molecule has 4 heteroatoms. The van der Waals surface area contributed by atoms with Gasteiger partial charge in [-0.1, -0.05) is 13.8 Å². The van der Waals surface area contributed by atoms with Gasteiger partial charge in [-0.15, -0.1) is 0 Å². The molecule has 1 aliphatic heterocycles. The van der Waals surface area contributed by atoms with Gasteiger partial charge < -0.3 is 19.5 Å². The van der Waals surface area contributed by atoms with Crippen molar-refractivity contribution in [2.45, 2.75) is 32.3 Å². The lowest BCUT2D eigenvalue weighted by atomic mass is 9.83. The van der Waals surface area contributed by atoms with Gasteiger partial charge >= 0.3 is 0 Å². The summed E-state index contributed by atoms with van der Waals surface area (Å²) in [6, 6.07) is 5.63. The Labute approximate surface area is 127 Å². The second-order valence-corrected chi connectivity index (χ2v) is 6.29. The second-order valence-electron chi connectivity index (χ2n) is 6.29. The van der Waals surface area contributed by atoms with Gasteiger partial charge in [-0.25, -0.2) is 0 Å². The summed E-state index contributed by atoms with van der Waals surface area (Å²) in [4.78, 5) is 2.42. The van der Waals surface area contributed by atoms with Crippen LogP contribution in [0.2, 0.25) is 0 Å². The highest BCUT2D eigenvalue weighted by Gasteiger charge is 2.36. The summed E-state index contributed by atoms with van der Waals surface area (Å²) >= 11 is 0. The number of ether oxygens (including phenoxy) is 2. The SMILES string of the molecule is COc1ccc(OC)c(C2(O)CCN(CC(C)C)CC2)c1. The van der Waals surface area contributed by atoms with Crippen molar-refractivity contribution in [3.05, 3.63) is 23.8 Å². The Morgan fingerprint density at radius 1 is 1.19 bits per heavy atom. The predicted molar refractivity (Wildman–Crippen MR) is 84.0 cm³/mol. The van der Waals surface area contributed by atoms with Crippen LogP contribution in [0, 0.1) is 5.92 Å².